The summed E-state index contributed by atoms with van der Waals surface area (Å²) in [5.74, 6) is -6.37. The summed E-state index contributed by atoms with van der Waals surface area (Å²) in [4.78, 5) is 28.6. The molecule has 1 N–H and O–H groups in total. The lowest BCUT2D eigenvalue weighted by atomic mass is 9.84. The maximum atomic E-state index is 14.3. The van der Waals surface area contributed by atoms with Crippen LogP contribution in [0.1, 0.15) is 41.7 Å². The van der Waals surface area contributed by atoms with Crippen LogP contribution >= 0.6 is 0 Å². The minimum atomic E-state index is -4.85. The van der Waals surface area contributed by atoms with E-state index in [1.807, 2.05) is 0 Å². The van der Waals surface area contributed by atoms with Crippen LogP contribution in [0.3, 0.4) is 0 Å². The molecule has 184 valence electrons. The number of carbonyl (C=O) groups excluding carboxylic acids is 2. The van der Waals surface area contributed by atoms with Gasteiger partial charge in [-0.05, 0) is 31.0 Å². The van der Waals surface area contributed by atoms with E-state index in [0.29, 0.717) is 0 Å². The molecule has 1 saturated heterocycles. The van der Waals surface area contributed by atoms with E-state index >= 15 is 0 Å². The van der Waals surface area contributed by atoms with E-state index in [2.05, 4.69) is 15.0 Å². The number of amides is 1. The molecule has 1 aliphatic rings. The lowest BCUT2D eigenvalue weighted by molar-refractivity contribution is -0.270. The molecular formula is C22H21F5N2O5. The van der Waals surface area contributed by atoms with Crippen molar-refractivity contribution < 1.29 is 45.8 Å². The molecule has 2 aromatic rings. The number of halogens is 5. The number of methoxy groups -OCH3 is 2. The van der Waals surface area contributed by atoms with Crippen LogP contribution in [0.4, 0.5) is 27.6 Å². The zero-order chi connectivity index (χ0) is 25.3. The Kier molecular flexibility index (Phi) is 7.10. The van der Waals surface area contributed by atoms with Crippen molar-refractivity contribution in [1.29, 1.82) is 0 Å². The second-order valence-corrected chi connectivity index (χ2v) is 7.59. The summed E-state index contributed by atoms with van der Waals surface area (Å²) in [6.07, 6.45) is -6.65. The van der Waals surface area contributed by atoms with Crippen molar-refractivity contribution in [2.45, 2.75) is 43.6 Å². The third kappa shape index (κ3) is 4.54. The molecule has 3 atom stereocenters. The highest BCUT2D eigenvalue weighted by atomic mass is 19.4. The van der Waals surface area contributed by atoms with E-state index in [1.165, 1.54) is 25.3 Å². The molecule has 34 heavy (non-hydrogen) atoms. The second kappa shape index (κ2) is 9.53. The largest absolute Gasteiger partial charge is 0.493 e. The van der Waals surface area contributed by atoms with Crippen LogP contribution in [0.15, 0.2) is 30.5 Å². The van der Waals surface area contributed by atoms with Gasteiger partial charge in [0.15, 0.2) is 17.2 Å². The maximum Gasteiger partial charge on any atom is 0.417 e. The molecule has 7 nitrogen and oxygen atoms in total. The smallest absolute Gasteiger partial charge is 0.417 e. The summed E-state index contributed by atoms with van der Waals surface area (Å²) < 4.78 is 84.8. The summed E-state index contributed by atoms with van der Waals surface area (Å²) in [5, 5.41) is 2.39. The number of hydrogen-bond donors (Lipinski definition) is 1. The van der Waals surface area contributed by atoms with Crippen LogP contribution in [0.5, 0.6) is 5.75 Å². The average Bonchev–Trinajstić information content (AvgIpc) is 3.22. The molecule has 1 aliphatic heterocycles. The lowest BCUT2D eigenvalue weighted by Gasteiger charge is -2.30. The van der Waals surface area contributed by atoms with Gasteiger partial charge in [0, 0.05) is 23.4 Å². The molecule has 12 heteroatoms. The number of hydrogen-bond acceptors (Lipinski definition) is 6. The fraction of sp³-hybridized carbons (Fsp3) is 0.409. The Labute approximate surface area is 191 Å². The quantitative estimate of drug-likeness (QED) is 0.480. The van der Waals surface area contributed by atoms with Crippen LogP contribution < -0.4 is 10.1 Å². The standard InChI is InChI=1S/C22H21F5N2O5/c1-4-21(22(25,26)27)10-13(12-5-6-14(23)16(24)17(12)32-2)18(34-21)19(30)29-11-7-8-28-15(9-11)20(31)33-3/h5-9,13,18H,4,10H2,1-3H3,(H,28,29,30). The van der Waals surface area contributed by atoms with Crippen LogP contribution in [-0.2, 0) is 14.3 Å². The monoisotopic (exact) mass is 488 g/mol. The van der Waals surface area contributed by atoms with Crippen molar-refractivity contribution in [2.75, 3.05) is 19.5 Å². The Bertz CT molecular complexity index is 1090. The molecule has 1 aromatic carbocycles. The van der Waals surface area contributed by atoms with Gasteiger partial charge in [-0.25, -0.2) is 14.2 Å². The van der Waals surface area contributed by atoms with Crippen LogP contribution in [0, 0.1) is 11.6 Å². The van der Waals surface area contributed by atoms with E-state index < -0.39 is 65.9 Å². The van der Waals surface area contributed by atoms with Gasteiger partial charge in [0.05, 0.1) is 14.2 Å². The van der Waals surface area contributed by atoms with E-state index in [1.54, 1.807) is 0 Å². The molecule has 3 rings (SSSR count). The number of nitrogens with zero attached hydrogens (tertiary/aromatic N) is 1. The summed E-state index contributed by atoms with van der Waals surface area (Å²) in [5.41, 5.74) is -2.96. The average molecular weight is 488 g/mol. The summed E-state index contributed by atoms with van der Waals surface area (Å²) >= 11 is 0. The van der Waals surface area contributed by atoms with E-state index in [9.17, 15) is 31.5 Å². The van der Waals surface area contributed by atoms with Gasteiger partial charge < -0.3 is 19.5 Å². The summed E-state index contributed by atoms with van der Waals surface area (Å²) in [6, 6.07) is 4.29. The van der Waals surface area contributed by atoms with Crippen molar-refractivity contribution in [2.24, 2.45) is 0 Å². The summed E-state index contributed by atoms with van der Waals surface area (Å²) in [6.45, 7) is 1.25. The van der Waals surface area contributed by atoms with Gasteiger partial charge in [0.1, 0.15) is 11.8 Å². The van der Waals surface area contributed by atoms with Gasteiger partial charge in [-0.2, -0.15) is 17.6 Å². The predicted octanol–water partition coefficient (Wildman–Crippen LogP) is 4.38. The van der Waals surface area contributed by atoms with Crippen molar-refractivity contribution >= 4 is 17.6 Å². The highest BCUT2D eigenvalue weighted by Gasteiger charge is 2.63. The van der Waals surface area contributed by atoms with Crippen molar-refractivity contribution in [3.05, 3.63) is 53.4 Å². The first-order chi connectivity index (χ1) is 16.0. The molecule has 0 aliphatic carbocycles. The van der Waals surface area contributed by atoms with Crippen molar-refractivity contribution in [3.63, 3.8) is 0 Å². The Morgan fingerprint density at radius 3 is 2.53 bits per heavy atom. The first kappa shape index (κ1) is 25.3. The number of rotatable bonds is 6. The highest BCUT2D eigenvalue weighted by Crippen LogP contribution is 2.53. The molecule has 0 bridgehead atoms. The third-order valence-electron chi connectivity index (χ3n) is 5.72. The first-order valence-corrected chi connectivity index (χ1v) is 10.1. The van der Waals surface area contributed by atoms with Gasteiger partial charge in [0.2, 0.25) is 5.82 Å². The van der Waals surface area contributed by atoms with Gasteiger partial charge in [-0.15, -0.1) is 0 Å². The number of ether oxygens (including phenoxy) is 3. The number of esters is 1. The Hall–Kier alpha value is -3.28. The second-order valence-electron chi connectivity index (χ2n) is 7.59. The van der Waals surface area contributed by atoms with Gasteiger partial charge in [-0.1, -0.05) is 13.0 Å². The minimum Gasteiger partial charge on any atom is -0.493 e. The molecule has 1 amide bonds. The molecule has 2 heterocycles. The molecule has 3 unspecified atom stereocenters. The zero-order valence-electron chi connectivity index (χ0n) is 18.3. The van der Waals surface area contributed by atoms with Gasteiger partial charge >= 0.3 is 12.1 Å². The number of alkyl halides is 3. The SMILES string of the molecule is CCC1(C(F)(F)F)CC(c2ccc(F)c(F)c2OC)C(C(=O)Nc2ccnc(C(=O)OC)c2)O1. The first-order valence-electron chi connectivity index (χ1n) is 10.1. The maximum absolute atomic E-state index is 14.3. The van der Waals surface area contributed by atoms with Crippen LogP contribution in [-0.4, -0.2) is 49.0 Å². The van der Waals surface area contributed by atoms with E-state index in [4.69, 9.17) is 9.47 Å². The Morgan fingerprint density at radius 2 is 1.94 bits per heavy atom. The number of aromatic nitrogens is 1. The number of benzene rings is 1. The number of carbonyl (C=O) groups is 2. The van der Waals surface area contributed by atoms with Crippen molar-refractivity contribution in [1.82, 2.24) is 4.98 Å². The molecule has 1 aromatic heterocycles. The third-order valence-corrected chi connectivity index (χ3v) is 5.72. The molecule has 0 saturated carbocycles. The normalized spacial score (nSPS) is 22.4. The minimum absolute atomic E-state index is 0.0426. The fourth-order valence-corrected chi connectivity index (χ4v) is 3.94. The summed E-state index contributed by atoms with van der Waals surface area (Å²) in [7, 11) is 2.16. The Morgan fingerprint density at radius 1 is 1.24 bits per heavy atom. The number of anilines is 1. The van der Waals surface area contributed by atoms with E-state index in [-0.39, 0.29) is 16.9 Å². The van der Waals surface area contributed by atoms with Crippen LogP contribution in [0.2, 0.25) is 0 Å². The molecular weight excluding hydrogens is 467 g/mol. The molecule has 1 fully saturated rings. The fourth-order valence-electron chi connectivity index (χ4n) is 3.94. The predicted molar refractivity (Wildman–Crippen MR) is 108 cm³/mol. The molecule has 0 radical (unpaired) electrons. The molecule has 0 spiro atoms. The highest BCUT2D eigenvalue weighted by molar-refractivity contribution is 5.96. The van der Waals surface area contributed by atoms with Gasteiger partial charge in [-0.3, -0.25) is 4.79 Å². The van der Waals surface area contributed by atoms with Crippen molar-refractivity contribution in [3.8, 4) is 5.75 Å². The van der Waals surface area contributed by atoms with Crippen LogP contribution in [0.25, 0.3) is 0 Å². The van der Waals surface area contributed by atoms with E-state index in [0.717, 1.165) is 26.4 Å². The van der Waals surface area contributed by atoms with Gasteiger partial charge in [0.25, 0.3) is 5.91 Å². The zero-order valence-corrected chi connectivity index (χ0v) is 18.3. The number of nitrogens with one attached hydrogen (secondary N) is 1. The Balaban J connectivity index is 2.03. The number of pyridine rings is 1. The lowest BCUT2D eigenvalue weighted by Crippen LogP contribution is -2.45. The topological polar surface area (TPSA) is 86.8 Å².